The molecule has 0 radical (unpaired) electrons. The number of hydrogen-bond donors (Lipinski definition) is 0. The van der Waals surface area contributed by atoms with Crippen molar-refractivity contribution in [3.8, 4) is 56.8 Å². The topological polar surface area (TPSA) is 94.6 Å². The third-order valence-electron chi connectivity index (χ3n) is 8.20. The zero-order chi connectivity index (χ0) is 31.2. The fraction of sp³-hybridized carbons (Fsp3) is 0. The smallest absolute Gasteiger partial charge is 0.182 e. The Balaban J connectivity index is 1.08. The summed E-state index contributed by atoms with van der Waals surface area (Å²) in [6.45, 7) is 0. The molecule has 6 heterocycles. The van der Waals surface area contributed by atoms with Gasteiger partial charge in [0.25, 0.3) is 0 Å². The minimum atomic E-state index is 0.498. The quantitative estimate of drug-likeness (QED) is 0.195. The molecule has 0 aliphatic rings. The average Bonchev–Trinajstić information content (AvgIpc) is 3.55. The van der Waals surface area contributed by atoms with Crippen molar-refractivity contribution >= 4 is 27.6 Å². The average molecular weight is 605 g/mol. The number of rotatable bonds is 5. The lowest BCUT2D eigenvalue weighted by molar-refractivity contribution is 1.05. The molecular weight excluding hydrogens is 580 g/mol. The highest BCUT2D eigenvalue weighted by molar-refractivity contribution is 6.09. The Kier molecular flexibility index (Phi) is 6.28. The molecule has 0 bridgehead atoms. The first-order valence-electron chi connectivity index (χ1n) is 15.2. The van der Waals surface area contributed by atoms with Crippen LogP contribution in [0.25, 0.3) is 84.4 Å². The van der Waals surface area contributed by atoms with Crippen LogP contribution in [-0.2, 0) is 0 Å². The van der Waals surface area contributed by atoms with Gasteiger partial charge in [-0.15, -0.1) is 0 Å². The van der Waals surface area contributed by atoms with Crippen molar-refractivity contribution in [3.63, 3.8) is 0 Å². The standard InChI is InChI=1S/C39H24N8/c1-2-10-30-29(9-1)35-36(47-24-8-5-13-33(47)43-35)34(42-30)27-18-14-25(15-19-27)26-16-20-28(21-17-26)37-44-38(31-11-3-6-22-40-31)46-39(45-37)32-12-4-7-23-41-32/h1-24H. The number of imidazole rings is 1. The fourth-order valence-corrected chi connectivity index (χ4v) is 5.91. The first-order valence-corrected chi connectivity index (χ1v) is 15.2. The van der Waals surface area contributed by atoms with Gasteiger partial charge in [-0.25, -0.2) is 24.9 Å². The Morgan fingerprint density at radius 2 is 1.00 bits per heavy atom. The van der Waals surface area contributed by atoms with Gasteiger partial charge >= 0.3 is 0 Å². The van der Waals surface area contributed by atoms with Crippen LogP contribution in [0, 0.1) is 0 Å². The van der Waals surface area contributed by atoms with E-state index in [1.54, 1.807) is 12.4 Å². The number of aromatic nitrogens is 8. The van der Waals surface area contributed by atoms with Gasteiger partial charge in [0.2, 0.25) is 0 Å². The predicted molar refractivity (Wildman–Crippen MR) is 184 cm³/mol. The molecule has 0 N–H and O–H groups in total. The summed E-state index contributed by atoms with van der Waals surface area (Å²) in [5, 5.41) is 1.05. The first-order chi connectivity index (χ1) is 23.3. The van der Waals surface area contributed by atoms with E-state index in [2.05, 4.69) is 61.8 Å². The van der Waals surface area contributed by atoms with Crippen molar-refractivity contribution in [2.45, 2.75) is 0 Å². The number of fused-ring (bicyclic) bond motifs is 5. The molecule has 220 valence electrons. The van der Waals surface area contributed by atoms with E-state index in [1.165, 1.54) is 0 Å². The molecule has 47 heavy (non-hydrogen) atoms. The third kappa shape index (κ3) is 4.76. The molecule has 0 fully saturated rings. The molecule has 0 atom stereocenters. The molecule has 0 spiro atoms. The van der Waals surface area contributed by atoms with Crippen molar-refractivity contribution in [2.75, 3.05) is 0 Å². The lowest BCUT2D eigenvalue weighted by Crippen LogP contribution is -2.01. The van der Waals surface area contributed by atoms with Crippen LogP contribution < -0.4 is 0 Å². The number of pyridine rings is 4. The maximum absolute atomic E-state index is 5.11. The first kappa shape index (κ1) is 26.7. The van der Waals surface area contributed by atoms with E-state index in [9.17, 15) is 0 Å². The zero-order valence-electron chi connectivity index (χ0n) is 24.9. The second kappa shape index (κ2) is 11.0. The van der Waals surface area contributed by atoms with Gasteiger partial charge in [-0.05, 0) is 53.6 Å². The van der Waals surface area contributed by atoms with Crippen molar-refractivity contribution in [3.05, 3.63) is 146 Å². The van der Waals surface area contributed by atoms with Crippen molar-refractivity contribution in [1.29, 1.82) is 0 Å². The van der Waals surface area contributed by atoms with Gasteiger partial charge in [-0.2, -0.15) is 0 Å². The molecule has 0 aliphatic carbocycles. The van der Waals surface area contributed by atoms with Gasteiger partial charge in [-0.3, -0.25) is 14.4 Å². The minimum absolute atomic E-state index is 0.498. The van der Waals surface area contributed by atoms with Crippen molar-refractivity contribution in [2.24, 2.45) is 0 Å². The van der Waals surface area contributed by atoms with Crippen molar-refractivity contribution in [1.82, 2.24) is 39.3 Å². The second-order valence-electron chi connectivity index (χ2n) is 11.1. The number of hydrogen-bond acceptors (Lipinski definition) is 7. The van der Waals surface area contributed by atoms with Gasteiger partial charge in [0.15, 0.2) is 17.5 Å². The summed E-state index contributed by atoms with van der Waals surface area (Å²) in [6, 6.07) is 42.4. The van der Waals surface area contributed by atoms with E-state index in [4.69, 9.17) is 19.9 Å². The van der Waals surface area contributed by atoms with Crippen LogP contribution in [0.1, 0.15) is 0 Å². The summed E-state index contributed by atoms with van der Waals surface area (Å²) >= 11 is 0. The SMILES string of the molecule is c1ccc(-c2nc(-c3ccc(-c4ccc(-c5nc6ccccc6c6nc7ccccn7c56)cc4)cc3)nc(-c3ccccn3)n2)nc1. The van der Waals surface area contributed by atoms with Crippen LogP contribution in [-0.4, -0.2) is 39.3 Å². The van der Waals surface area contributed by atoms with Gasteiger partial charge < -0.3 is 0 Å². The molecule has 9 aromatic rings. The molecule has 0 saturated heterocycles. The molecule has 0 saturated carbocycles. The highest BCUT2D eigenvalue weighted by Crippen LogP contribution is 2.34. The molecule has 3 aromatic carbocycles. The molecule has 6 aromatic heterocycles. The lowest BCUT2D eigenvalue weighted by Gasteiger charge is -2.10. The summed E-state index contributed by atoms with van der Waals surface area (Å²) < 4.78 is 2.12. The predicted octanol–water partition coefficient (Wildman–Crippen LogP) is 8.35. The third-order valence-corrected chi connectivity index (χ3v) is 8.20. The maximum Gasteiger partial charge on any atom is 0.182 e. The summed E-state index contributed by atoms with van der Waals surface area (Å²) in [5.74, 6) is 1.55. The molecular formula is C39H24N8. The number of nitrogens with zero attached hydrogens (tertiary/aromatic N) is 8. The number of para-hydroxylation sites is 1. The Hall–Kier alpha value is -6.67. The van der Waals surface area contributed by atoms with Crippen LogP contribution in [0.2, 0.25) is 0 Å². The van der Waals surface area contributed by atoms with Crippen molar-refractivity contribution < 1.29 is 0 Å². The maximum atomic E-state index is 5.11. The zero-order valence-corrected chi connectivity index (χ0v) is 24.9. The monoisotopic (exact) mass is 604 g/mol. The van der Waals surface area contributed by atoms with E-state index in [0.717, 1.165) is 55.5 Å². The van der Waals surface area contributed by atoms with Crippen LogP contribution in [0.3, 0.4) is 0 Å². The van der Waals surface area contributed by atoms with E-state index >= 15 is 0 Å². The van der Waals surface area contributed by atoms with Gasteiger partial charge in [-0.1, -0.05) is 84.9 Å². The Labute approximate surface area is 269 Å². The summed E-state index contributed by atoms with van der Waals surface area (Å²) in [6.07, 6.45) is 5.51. The van der Waals surface area contributed by atoms with Crippen LogP contribution in [0.4, 0.5) is 0 Å². The van der Waals surface area contributed by atoms with Gasteiger partial charge in [0.05, 0.1) is 16.7 Å². The Bertz CT molecular complexity index is 2490. The molecule has 8 nitrogen and oxygen atoms in total. The Morgan fingerprint density at radius 3 is 1.66 bits per heavy atom. The molecule has 0 aliphatic heterocycles. The van der Waals surface area contributed by atoms with E-state index < -0.39 is 0 Å². The largest absolute Gasteiger partial charge is 0.298 e. The van der Waals surface area contributed by atoms with E-state index in [0.29, 0.717) is 28.9 Å². The number of benzene rings is 3. The van der Waals surface area contributed by atoms with Crippen LogP contribution >= 0.6 is 0 Å². The molecule has 0 amide bonds. The van der Waals surface area contributed by atoms with Gasteiger partial charge in [0, 0.05) is 35.1 Å². The summed E-state index contributed by atoms with van der Waals surface area (Å²) in [7, 11) is 0. The minimum Gasteiger partial charge on any atom is -0.298 e. The van der Waals surface area contributed by atoms with Gasteiger partial charge in [0.1, 0.15) is 22.6 Å². The van der Waals surface area contributed by atoms with E-state index in [-0.39, 0.29) is 0 Å². The molecule has 8 heteroatoms. The fourth-order valence-electron chi connectivity index (χ4n) is 5.91. The molecule has 9 rings (SSSR count). The summed E-state index contributed by atoms with van der Waals surface area (Å²) in [5.41, 5.74) is 10.1. The summed E-state index contributed by atoms with van der Waals surface area (Å²) in [4.78, 5) is 33.3. The van der Waals surface area contributed by atoms with Crippen LogP contribution in [0.5, 0.6) is 0 Å². The normalized spacial score (nSPS) is 11.4. The highest BCUT2D eigenvalue weighted by Gasteiger charge is 2.17. The Morgan fingerprint density at radius 1 is 0.426 bits per heavy atom. The second-order valence-corrected chi connectivity index (χ2v) is 11.1. The van der Waals surface area contributed by atoms with Crippen LogP contribution in [0.15, 0.2) is 146 Å². The molecule has 0 unspecified atom stereocenters. The lowest BCUT2D eigenvalue weighted by atomic mass is 10.0. The van der Waals surface area contributed by atoms with E-state index in [1.807, 2.05) is 91.1 Å². The highest BCUT2D eigenvalue weighted by atomic mass is 15.1.